The smallest absolute Gasteiger partial charge is 0.437 e. The van der Waals surface area contributed by atoms with Gasteiger partial charge in [-0.3, -0.25) is 5.32 Å². The lowest BCUT2D eigenvalue weighted by Crippen LogP contribution is -2.44. The molecule has 0 aliphatic rings. The lowest BCUT2D eigenvalue weighted by Gasteiger charge is -2.21. The van der Waals surface area contributed by atoms with Crippen molar-refractivity contribution in [3.8, 4) is 0 Å². The maximum absolute atomic E-state index is 12.1. The van der Waals surface area contributed by atoms with Gasteiger partial charge in [0.05, 0.1) is 0 Å². The van der Waals surface area contributed by atoms with Gasteiger partial charge in [0.25, 0.3) is 0 Å². The highest BCUT2D eigenvalue weighted by Crippen LogP contribution is 2.19. The highest BCUT2D eigenvalue weighted by molar-refractivity contribution is 9.10. The zero-order valence-electron chi connectivity index (χ0n) is 17.8. The second-order valence-corrected chi connectivity index (χ2v) is 9.17. The fourth-order valence-corrected chi connectivity index (χ4v) is 2.72. The minimum Gasteiger partial charge on any atom is -0.444 e. The zero-order chi connectivity index (χ0) is 22.2. The third kappa shape index (κ3) is 10.8. The van der Waals surface area contributed by atoms with Gasteiger partial charge >= 0.3 is 12.2 Å². The Morgan fingerprint density at radius 2 is 1.72 bits per heavy atom. The second kappa shape index (κ2) is 10.6. The van der Waals surface area contributed by atoms with Gasteiger partial charge in [0.1, 0.15) is 11.2 Å². The lowest BCUT2D eigenvalue weighted by molar-refractivity contribution is 0.0560. The van der Waals surface area contributed by atoms with E-state index in [1.807, 2.05) is 18.2 Å². The summed E-state index contributed by atoms with van der Waals surface area (Å²) in [4.78, 5) is 27.9. The van der Waals surface area contributed by atoms with Gasteiger partial charge in [-0.15, -0.1) is 4.99 Å². The molecular formula is C20H30BrN3O5. The minimum atomic E-state index is -0.837. The first-order valence-electron chi connectivity index (χ1n) is 9.23. The number of benzene rings is 1. The van der Waals surface area contributed by atoms with Crippen LogP contribution in [0, 0.1) is 0 Å². The van der Waals surface area contributed by atoms with Crippen LogP contribution in [0.25, 0.3) is 0 Å². The SMILES string of the molecule is CC(C)(C)OC(=O)/N=C(\NCc1ccc(CCO)c(Br)c1)NC(=O)OC(C)(C)C. The number of nitrogens with one attached hydrogen (secondary N) is 2. The molecule has 0 heterocycles. The van der Waals surface area contributed by atoms with Crippen molar-refractivity contribution in [3.05, 3.63) is 33.8 Å². The van der Waals surface area contributed by atoms with E-state index in [-0.39, 0.29) is 19.1 Å². The molecule has 1 aromatic rings. The molecule has 0 aliphatic carbocycles. The summed E-state index contributed by atoms with van der Waals surface area (Å²) >= 11 is 3.47. The predicted octanol–water partition coefficient (Wildman–Crippen LogP) is 3.89. The number of amides is 2. The summed E-state index contributed by atoms with van der Waals surface area (Å²) in [5, 5.41) is 14.4. The second-order valence-electron chi connectivity index (χ2n) is 8.32. The first kappa shape index (κ1) is 24.9. The van der Waals surface area contributed by atoms with Gasteiger partial charge < -0.3 is 19.9 Å². The zero-order valence-corrected chi connectivity index (χ0v) is 19.3. The van der Waals surface area contributed by atoms with E-state index in [1.54, 1.807) is 41.5 Å². The molecule has 8 nitrogen and oxygen atoms in total. The molecule has 1 rings (SSSR count). The van der Waals surface area contributed by atoms with Crippen LogP contribution in [0.1, 0.15) is 52.7 Å². The average Bonchev–Trinajstić information content (AvgIpc) is 2.51. The largest absolute Gasteiger partial charge is 0.444 e. The van der Waals surface area contributed by atoms with Crippen LogP contribution < -0.4 is 10.6 Å². The first-order chi connectivity index (χ1) is 13.3. The fraction of sp³-hybridized carbons (Fsp3) is 0.550. The Balaban J connectivity index is 2.91. The van der Waals surface area contributed by atoms with Crippen LogP contribution in [0.5, 0.6) is 0 Å². The van der Waals surface area contributed by atoms with E-state index in [0.29, 0.717) is 6.42 Å². The number of aliphatic imine (C=N–C) groups is 1. The van der Waals surface area contributed by atoms with Crippen molar-refractivity contribution in [2.24, 2.45) is 4.99 Å². The van der Waals surface area contributed by atoms with Crippen LogP contribution in [0.15, 0.2) is 27.7 Å². The van der Waals surface area contributed by atoms with Gasteiger partial charge in [-0.25, -0.2) is 9.59 Å². The first-order valence-corrected chi connectivity index (χ1v) is 10.0. The van der Waals surface area contributed by atoms with Gasteiger partial charge in [0, 0.05) is 17.6 Å². The third-order valence-electron chi connectivity index (χ3n) is 3.17. The molecule has 0 saturated carbocycles. The molecule has 0 fully saturated rings. The number of alkyl carbamates (subject to hydrolysis) is 1. The molecule has 162 valence electrons. The van der Waals surface area contributed by atoms with E-state index in [0.717, 1.165) is 15.6 Å². The maximum Gasteiger partial charge on any atom is 0.437 e. The number of halogens is 1. The summed E-state index contributed by atoms with van der Waals surface area (Å²) in [6, 6.07) is 5.65. The third-order valence-corrected chi connectivity index (χ3v) is 3.91. The van der Waals surface area contributed by atoms with Gasteiger partial charge in [-0.05, 0) is 65.2 Å². The summed E-state index contributed by atoms with van der Waals surface area (Å²) in [7, 11) is 0. The summed E-state index contributed by atoms with van der Waals surface area (Å²) < 4.78 is 11.2. The molecular weight excluding hydrogens is 442 g/mol. The minimum absolute atomic E-state index is 0.0582. The lowest BCUT2D eigenvalue weighted by atomic mass is 10.1. The molecule has 2 amide bonds. The standard InChI is InChI=1S/C20H30BrN3O5/c1-19(2,3)28-17(26)23-16(24-18(27)29-20(4,5)6)22-12-13-7-8-14(9-10-25)15(21)11-13/h7-8,11,25H,9-10,12H2,1-6H3,(H2,22,23,24,26,27). The number of carbonyl (C=O) groups excluding carboxylic acids is 2. The molecule has 0 radical (unpaired) electrons. The van der Waals surface area contributed by atoms with Gasteiger partial charge in [-0.1, -0.05) is 28.1 Å². The van der Waals surface area contributed by atoms with Crippen LogP contribution in [0.2, 0.25) is 0 Å². The van der Waals surface area contributed by atoms with Crippen molar-refractivity contribution in [2.45, 2.75) is 65.7 Å². The number of rotatable bonds is 4. The van der Waals surface area contributed by atoms with Gasteiger partial charge in [-0.2, -0.15) is 0 Å². The predicted molar refractivity (Wildman–Crippen MR) is 115 cm³/mol. The van der Waals surface area contributed by atoms with E-state index in [1.165, 1.54) is 0 Å². The Labute approximate surface area is 180 Å². The van der Waals surface area contributed by atoms with Crippen molar-refractivity contribution in [1.82, 2.24) is 10.6 Å². The molecule has 0 bridgehead atoms. The Morgan fingerprint density at radius 1 is 1.10 bits per heavy atom. The van der Waals surface area contributed by atoms with Crippen molar-refractivity contribution in [1.29, 1.82) is 0 Å². The summed E-state index contributed by atoms with van der Waals surface area (Å²) in [6.45, 7) is 10.7. The van der Waals surface area contributed by atoms with Crippen LogP contribution >= 0.6 is 15.9 Å². The molecule has 0 aromatic heterocycles. The van der Waals surface area contributed by atoms with E-state index < -0.39 is 23.4 Å². The summed E-state index contributed by atoms with van der Waals surface area (Å²) in [6.07, 6.45) is -1.04. The van der Waals surface area contributed by atoms with Crippen LogP contribution in [0.3, 0.4) is 0 Å². The number of aliphatic hydroxyl groups is 1. The Morgan fingerprint density at radius 3 is 2.24 bits per heavy atom. The van der Waals surface area contributed by atoms with E-state index in [9.17, 15) is 9.59 Å². The molecule has 1 aromatic carbocycles. The topological polar surface area (TPSA) is 109 Å². The van der Waals surface area contributed by atoms with E-state index in [2.05, 4.69) is 31.6 Å². The van der Waals surface area contributed by atoms with Gasteiger partial charge in [0.2, 0.25) is 5.96 Å². The van der Waals surface area contributed by atoms with Gasteiger partial charge in [0.15, 0.2) is 0 Å². The van der Waals surface area contributed by atoms with Crippen molar-refractivity contribution >= 4 is 34.1 Å². The Bertz CT molecular complexity index is 751. The molecule has 9 heteroatoms. The summed E-state index contributed by atoms with van der Waals surface area (Å²) in [5.74, 6) is -0.0796. The van der Waals surface area contributed by atoms with Crippen LogP contribution in [0.4, 0.5) is 9.59 Å². The van der Waals surface area contributed by atoms with Crippen LogP contribution in [-0.4, -0.2) is 41.1 Å². The van der Waals surface area contributed by atoms with E-state index >= 15 is 0 Å². The van der Waals surface area contributed by atoms with E-state index in [4.69, 9.17) is 14.6 Å². The number of guanidine groups is 1. The van der Waals surface area contributed by atoms with Crippen molar-refractivity contribution in [2.75, 3.05) is 6.61 Å². The number of hydrogen-bond donors (Lipinski definition) is 3. The molecule has 29 heavy (non-hydrogen) atoms. The fourth-order valence-electron chi connectivity index (χ4n) is 2.10. The molecule has 0 saturated heterocycles. The molecule has 0 aliphatic heterocycles. The Kier molecular flexibility index (Phi) is 9.10. The number of ether oxygens (including phenoxy) is 2. The monoisotopic (exact) mass is 471 g/mol. The average molecular weight is 472 g/mol. The number of aliphatic hydroxyl groups excluding tert-OH is 1. The normalized spacial score (nSPS) is 12.3. The van der Waals surface area contributed by atoms with Crippen LogP contribution in [-0.2, 0) is 22.4 Å². The van der Waals surface area contributed by atoms with Crippen molar-refractivity contribution < 1.29 is 24.2 Å². The molecule has 3 N–H and O–H groups in total. The number of nitrogens with zero attached hydrogens (tertiary/aromatic N) is 1. The van der Waals surface area contributed by atoms with Crippen molar-refractivity contribution in [3.63, 3.8) is 0 Å². The highest BCUT2D eigenvalue weighted by atomic mass is 79.9. The maximum atomic E-state index is 12.1. The number of hydrogen-bond acceptors (Lipinski definition) is 5. The highest BCUT2D eigenvalue weighted by Gasteiger charge is 2.20. The molecule has 0 unspecified atom stereocenters. The summed E-state index contributed by atoms with van der Waals surface area (Å²) in [5.41, 5.74) is 0.437. The molecule has 0 atom stereocenters. The quantitative estimate of drug-likeness (QED) is 0.453. The molecule has 0 spiro atoms. The Hall–Kier alpha value is -2.13. The number of carbonyl (C=O) groups is 2.